The van der Waals surface area contributed by atoms with E-state index in [1.165, 1.54) is 19.3 Å². The van der Waals surface area contributed by atoms with E-state index in [0.29, 0.717) is 4.99 Å². The van der Waals surface area contributed by atoms with E-state index in [-0.39, 0.29) is 0 Å². The highest BCUT2D eigenvalue weighted by Gasteiger charge is 2.19. The molecule has 2 rings (SSSR count). The lowest BCUT2D eigenvalue weighted by molar-refractivity contribution is 0.321. The highest BCUT2D eigenvalue weighted by molar-refractivity contribution is 7.80. The van der Waals surface area contributed by atoms with Crippen molar-refractivity contribution in [3.05, 3.63) is 23.9 Å². The molecule has 0 radical (unpaired) electrons. The van der Waals surface area contributed by atoms with Crippen LogP contribution in [-0.2, 0) is 0 Å². The number of aromatic nitrogens is 1. The topological polar surface area (TPSA) is 42.1 Å². The number of pyridine rings is 1. The Morgan fingerprint density at radius 1 is 1.62 bits per heavy atom. The molecule has 86 valence electrons. The van der Waals surface area contributed by atoms with Gasteiger partial charge in [-0.1, -0.05) is 18.6 Å². The standard InChI is InChI=1S/C12H17N3S/c1-15(8-9-3-2-4-9)11-7-10(12(13)16)5-6-14-11/h5-7,9H,2-4,8H2,1H3,(H2,13,16). The minimum absolute atomic E-state index is 0.431. The summed E-state index contributed by atoms with van der Waals surface area (Å²) in [4.78, 5) is 6.96. The van der Waals surface area contributed by atoms with Crippen molar-refractivity contribution in [2.75, 3.05) is 18.5 Å². The van der Waals surface area contributed by atoms with Gasteiger partial charge in [-0.3, -0.25) is 0 Å². The van der Waals surface area contributed by atoms with Crippen molar-refractivity contribution < 1.29 is 0 Å². The van der Waals surface area contributed by atoms with Gasteiger partial charge in [0, 0.05) is 25.4 Å². The van der Waals surface area contributed by atoms with Gasteiger partial charge in [-0.25, -0.2) is 4.98 Å². The predicted octanol–water partition coefficient (Wildman–Crippen LogP) is 1.95. The molecule has 1 saturated carbocycles. The fourth-order valence-electron chi connectivity index (χ4n) is 1.94. The molecule has 1 fully saturated rings. The Kier molecular flexibility index (Phi) is 3.39. The van der Waals surface area contributed by atoms with E-state index in [1.54, 1.807) is 6.20 Å². The summed E-state index contributed by atoms with van der Waals surface area (Å²) in [5, 5.41) is 0. The molecule has 1 aliphatic rings. The maximum atomic E-state index is 5.61. The number of hydrogen-bond acceptors (Lipinski definition) is 3. The second-order valence-corrected chi connectivity index (χ2v) is 4.88. The zero-order valence-electron chi connectivity index (χ0n) is 9.52. The Morgan fingerprint density at radius 2 is 2.38 bits per heavy atom. The van der Waals surface area contributed by atoms with Crippen molar-refractivity contribution in [3.63, 3.8) is 0 Å². The van der Waals surface area contributed by atoms with Crippen LogP contribution >= 0.6 is 12.2 Å². The summed E-state index contributed by atoms with van der Waals surface area (Å²) < 4.78 is 0. The smallest absolute Gasteiger partial charge is 0.128 e. The molecule has 1 heterocycles. The van der Waals surface area contributed by atoms with Gasteiger partial charge >= 0.3 is 0 Å². The zero-order valence-corrected chi connectivity index (χ0v) is 10.3. The van der Waals surface area contributed by atoms with Crippen molar-refractivity contribution in [2.24, 2.45) is 11.7 Å². The summed E-state index contributed by atoms with van der Waals surface area (Å²) in [6, 6.07) is 3.81. The second-order valence-electron chi connectivity index (χ2n) is 4.44. The van der Waals surface area contributed by atoms with Crippen molar-refractivity contribution in [1.29, 1.82) is 0 Å². The first-order valence-corrected chi connectivity index (χ1v) is 6.04. The third kappa shape index (κ3) is 2.50. The summed E-state index contributed by atoms with van der Waals surface area (Å²) in [6.45, 7) is 1.08. The van der Waals surface area contributed by atoms with Crippen LogP contribution in [0.1, 0.15) is 24.8 Å². The van der Waals surface area contributed by atoms with Crippen LogP contribution in [0, 0.1) is 5.92 Å². The predicted molar refractivity (Wildman–Crippen MR) is 70.7 cm³/mol. The average Bonchev–Trinajstić information content (AvgIpc) is 2.23. The van der Waals surface area contributed by atoms with Crippen LogP contribution in [0.2, 0.25) is 0 Å². The number of rotatable bonds is 4. The number of thiocarbonyl (C=S) groups is 1. The van der Waals surface area contributed by atoms with Gasteiger partial charge in [-0.15, -0.1) is 0 Å². The Labute approximate surface area is 102 Å². The third-order valence-electron chi connectivity index (χ3n) is 3.18. The van der Waals surface area contributed by atoms with Gasteiger partial charge in [0.15, 0.2) is 0 Å². The van der Waals surface area contributed by atoms with Crippen molar-refractivity contribution in [2.45, 2.75) is 19.3 Å². The molecule has 4 heteroatoms. The summed E-state index contributed by atoms with van der Waals surface area (Å²) in [5.41, 5.74) is 6.50. The zero-order chi connectivity index (χ0) is 11.5. The average molecular weight is 235 g/mol. The fourth-order valence-corrected chi connectivity index (χ4v) is 2.06. The van der Waals surface area contributed by atoms with Gasteiger partial charge in [0.2, 0.25) is 0 Å². The molecule has 0 saturated heterocycles. The molecular formula is C12H17N3S. The van der Waals surface area contributed by atoms with Gasteiger partial charge in [0.1, 0.15) is 10.8 Å². The second kappa shape index (κ2) is 4.78. The van der Waals surface area contributed by atoms with E-state index in [9.17, 15) is 0 Å². The Morgan fingerprint density at radius 3 is 2.94 bits per heavy atom. The fraction of sp³-hybridized carbons (Fsp3) is 0.500. The molecule has 0 atom stereocenters. The van der Waals surface area contributed by atoms with E-state index in [1.807, 2.05) is 12.1 Å². The quantitative estimate of drug-likeness (QED) is 0.810. The lowest BCUT2D eigenvalue weighted by Crippen LogP contribution is -2.30. The maximum Gasteiger partial charge on any atom is 0.128 e. The molecule has 3 nitrogen and oxygen atoms in total. The lowest BCUT2D eigenvalue weighted by atomic mass is 9.85. The van der Waals surface area contributed by atoms with Crippen LogP contribution in [0.3, 0.4) is 0 Å². The molecule has 2 N–H and O–H groups in total. The van der Waals surface area contributed by atoms with Crippen LogP contribution < -0.4 is 10.6 Å². The number of nitrogens with zero attached hydrogens (tertiary/aromatic N) is 2. The maximum absolute atomic E-state index is 5.61. The van der Waals surface area contributed by atoms with Gasteiger partial charge in [-0.05, 0) is 30.9 Å². The van der Waals surface area contributed by atoms with E-state index >= 15 is 0 Å². The van der Waals surface area contributed by atoms with E-state index in [4.69, 9.17) is 18.0 Å². The van der Waals surface area contributed by atoms with Crippen molar-refractivity contribution in [1.82, 2.24) is 4.98 Å². The van der Waals surface area contributed by atoms with Crippen molar-refractivity contribution in [3.8, 4) is 0 Å². The highest BCUT2D eigenvalue weighted by atomic mass is 32.1. The minimum Gasteiger partial charge on any atom is -0.389 e. The number of anilines is 1. The number of nitrogens with two attached hydrogens (primary N) is 1. The molecule has 1 aliphatic carbocycles. The normalized spacial score (nSPS) is 15.6. The lowest BCUT2D eigenvalue weighted by Gasteiger charge is -2.30. The number of hydrogen-bond donors (Lipinski definition) is 1. The first kappa shape index (κ1) is 11.3. The van der Waals surface area contributed by atoms with Gasteiger partial charge in [-0.2, -0.15) is 0 Å². The van der Waals surface area contributed by atoms with E-state index in [2.05, 4.69) is 16.9 Å². The van der Waals surface area contributed by atoms with Crippen LogP contribution in [-0.4, -0.2) is 23.6 Å². The van der Waals surface area contributed by atoms with Gasteiger partial charge < -0.3 is 10.6 Å². The molecule has 0 aromatic carbocycles. The van der Waals surface area contributed by atoms with Crippen LogP contribution in [0.4, 0.5) is 5.82 Å². The Hall–Kier alpha value is -1.16. The Bertz CT molecular complexity index is 388. The molecule has 1 aromatic rings. The monoisotopic (exact) mass is 235 g/mol. The molecule has 16 heavy (non-hydrogen) atoms. The first-order chi connectivity index (χ1) is 7.66. The van der Waals surface area contributed by atoms with Crippen LogP contribution in [0.25, 0.3) is 0 Å². The first-order valence-electron chi connectivity index (χ1n) is 5.64. The molecule has 0 bridgehead atoms. The SMILES string of the molecule is CN(CC1CCC1)c1cc(C(N)=S)ccn1. The largest absolute Gasteiger partial charge is 0.389 e. The van der Waals surface area contributed by atoms with Gasteiger partial charge in [0.25, 0.3) is 0 Å². The van der Waals surface area contributed by atoms with Crippen LogP contribution in [0.15, 0.2) is 18.3 Å². The summed E-state index contributed by atoms with van der Waals surface area (Å²) >= 11 is 4.96. The van der Waals surface area contributed by atoms with E-state index in [0.717, 1.165) is 23.8 Å². The highest BCUT2D eigenvalue weighted by Crippen LogP contribution is 2.27. The van der Waals surface area contributed by atoms with Crippen LogP contribution in [0.5, 0.6) is 0 Å². The third-order valence-corrected chi connectivity index (χ3v) is 3.41. The molecule has 0 aliphatic heterocycles. The molecule has 0 amide bonds. The summed E-state index contributed by atoms with van der Waals surface area (Å²) in [7, 11) is 2.07. The molecule has 0 spiro atoms. The minimum atomic E-state index is 0.431. The van der Waals surface area contributed by atoms with Gasteiger partial charge in [0.05, 0.1) is 0 Å². The molecule has 0 unspecified atom stereocenters. The summed E-state index contributed by atoms with van der Waals surface area (Å²) in [5.74, 6) is 1.79. The molecule has 1 aromatic heterocycles. The van der Waals surface area contributed by atoms with E-state index < -0.39 is 0 Å². The Balaban J connectivity index is 2.06. The van der Waals surface area contributed by atoms with Crippen molar-refractivity contribution >= 4 is 23.0 Å². The summed E-state index contributed by atoms with van der Waals surface area (Å²) in [6.07, 6.45) is 5.83. The molecular weight excluding hydrogens is 218 g/mol.